The van der Waals surface area contributed by atoms with Gasteiger partial charge in [0.15, 0.2) is 0 Å². The van der Waals surface area contributed by atoms with Crippen LogP contribution in [0.15, 0.2) is 48.5 Å². The highest BCUT2D eigenvalue weighted by atomic mass is 79.9. The average molecular weight is 1300 g/mol. The zero-order valence-corrected chi connectivity index (χ0v) is 53.9. The Morgan fingerprint density at radius 3 is 1.83 bits per heavy atom. The van der Waals surface area contributed by atoms with Gasteiger partial charge in [-0.2, -0.15) is 0 Å². The number of amides is 8. The van der Waals surface area contributed by atoms with Crippen LogP contribution in [0.2, 0.25) is 0 Å². The molecule has 0 saturated carbocycles. The molecule has 6 N–H and O–H groups in total. The molecule has 2 aromatic rings. The lowest BCUT2D eigenvalue weighted by Gasteiger charge is -2.41. The van der Waals surface area contributed by atoms with Crippen LogP contribution in [0.4, 0.5) is 11.4 Å². The van der Waals surface area contributed by atoms with Gasteiger partial charge in [-0.15, -0.1) is 0 Å². The van der Waals surface area contributed by atoms with Crippen molar-refractivity contribution < 1.29 is 62.0 Å². The molecule has 9 atom stereocenters. The fourth-order valence-corrected chi connectivity index (χ4v) is 10.6. The van der Waals surface area contributed by atoms with E-state index in [1.807, 2.05) is 90.9 Å². The van der Waals surface area contributed by atoms with Crippen LogP contribution in [0, 0.1) is 23.7 Å². The minimum Gasteiger partial charge on any atom is -0.379 e. The molecule has 8 amide bonds. The Kier molecular flexibility index (Phi) is 33.1. The van der Waals surface area contributed by atoms with Gasteiger partial charge in [0.2, 0.25) is 41.4 Å². The third-order valence-corrected chi connectivity index (χ3v) is 15.8. The molecule has 1 aliphatic heterocycles. The maximum atomic E-state index is 14.5. The molecule has 0 aliphatic carbocycles. The lowest BCUT2D eigenvalue weighted by molar-refractivity contribution is -0.148. The fourth-order valence-electron chi connectivity index (χ4n) is 10.3. The summed E-state index contributed by atoms with van der Waals surface area (Å²) in [6.45, 7) is 15.8. The first kappa shape index (κ1) is 72.2. The first-order chi connectivity index (χ1) is 39.5. The summed E-state index contributed by atoms with van der Waals surface area (Å²) in [7, 11) is 8.46. The lowest BCUT2D eigenvalue weighted by atomic mass is 9.89. The van der Waals surface area contributed by atoms with Crippen molar-refractivity contribution in [3.63, 3.8) is 0 Å². The second-order valence-electron chi connectivity index (χ2n) is 21.7. The Labute approximate surface area is 508 Å². The number of benzene rings is 2. The van der Waals surface area contributed by atoms with Crippen LogP contribution in [0.25, 0.3) is 0 Å². The first-order valence-electron chi connectivity index (χ1n) is 28.6. The highest BCUT2D eigenvalue weighted by Gasteiger charge is 2.43. The first-order valence-corrected chi connectivity index (χ1v) is 30.9. The number of carbonyl (C=O) groups excluding carboxylic acids is 8. The molecule has 83 heavy (non-hydrogen) atoms. The van der Waals surface area contributed by atoms with Crippen LogP contribution in [-0.2, 0) is 63.7 Å². The van der Waals surface area contributed by atoms with E-state index in [2.05, 4.69) is 63.8 Å². The van der Waals surface area contributed by atoms with Crippen molar-refractivity contribution >= 4 is 90.5 Å². The Morgan fingerprint density at radius 1 is 0.699 bits per heavy atom. The van der Waals surface area contributed by atoms with E-state index in [0.717, 1.165) is 5.56 Å². The molecule has 3 rings (SSSR count). The van der Waals surface area contributed by atoms with Crippen molar-refractivity contribution in [1.29, 1.82) is 0 Å². The molecule has 1 fully saturated rings. The normalized spacial score (nSPS) is 16.3. The number of nitrogens with one attached hydrogen (secondary N) is 6. The van der Waals surface area contributed by atoms with Gasteiger partial charge < -0.3 is 65.4 Å². The number of carbonyl (C=O) groups is 8. The van der Waals surface area contributed by atoms with Crippen molar-refractivity contribution in [2.24, 2.45) is 23.7 Å². The van der Waals surface area contributed by atoms with Crippen molar-refractivity contribution in [3.05, 3.63) is 59.7 Å². The van der Waals surface area contributed by atoms with Gasteiger partial charge >= 0.3 is 0 Å². The van der Waals surface area contributed by atoms with Gasteiger partial charge in [-0.1, -0.05) is 117 Å². The average Bonchev–Trinajstić information content (AvgIpc) is 4.14. The SMILES string of the molecule is CC[C@H](C)[C@@H]([C@@H](CC(=O)N1CCC[C@H]1[C@H](OC)[C@@H](C)C(=O)N[C@H](Cc1ccccc1)C(=O)NCCOCCOCCOCCNC(=O)c1ccc(NC(=O)CBr)c(NC(=O)CBr)c1)OC)N(C)C(=O)[C@H](NC(=O)[C@H](C(C)C)N(C)C)C(C)C. The van der Waals surface area contributed by atoms with Crippen LogP contribution >= 0.6 is 31.9 Å². The largest absolute Gasteiger partial charge is 0.379 e. The van der Waals surface area contributed by atoms with Gasteiger partial charge in [0.1, 0.15) is 12.1 Å². The quantitative estimate of drug-likeness (QED) is 0.0396. The number of hydrogen-bond donors (Lipinski definition) is 6. The van der Waals surface area contributed by atoms with Crippen molar-refractivity contribution in [2.75, 3.05) is 116 Å². The summed E-state index contributed by atoms with van der Waals surface area (Å²) in [4.78, 5) is 112. The number of anilines is 2. The van der Waals surface area contributed by atoms with Crippen LogP contribution < -0.4 is 31.9 Å². The number of methoxy groups -OCH3 is 2. The molecule has 1 heterocycles. The number of halogens is 2. The Morgan fingerprint density at radius 2 is 1.29 bits per heavy atom. The highest BCUT2D eigenvalue weighted by Crippen LogP contribution is 2.30. The standard InChI is InChI=1S/C59H93Br2N9O13/c1-13-39(6)53(69(10)59(78)51(37(2)3)67-58(77)52(38(4)5)68(8)9)47(79-11)34-50(73)70-25-17-20-46(70)54(80-12)40(7)55(74)66-45(32-41-18-15-14-16-19-41)57(76)63-24-27-82-29-31-83-30-28-81-26-23-62-56(75)42-21-22-43(64-48(71)35-60)44(33-42)65-49(72)36-61/h14-16,18-19,21-22,33,37-40,45-47,51-54H,13,17,20,23-32,34-36H2,1-12H3,(H,62,75)(H,63,76)(H,64,71)(H,65,72)(H,66,74)(H,67,77)/t39-,40+,45+,46-,47+,51+,52-,53-,54+/m0/s1. The number of alkyl halides is 2. The van der Waals surface area contributed by atoms with Gasteiger partial charge in [-0.05, 0) is 68.5 Å². The summed E-state index contributed by atoms with van der Waals surface area (Å²) < 4.78 is 29.0. The molecule has 1 saturated heterocycles. The minimum atomic E-state index is -0.937. The maximum Gasteiger partial charge on any atom is 0.251 e. The summed E-state index contributed by atoms with van der Waals surface area (Å²) in [5.74, 6) is -3.61. The van der Waals surface area contributed by atoms with Crippen LogP contribution in [0.3, 0.4) is 0 Å². The second kappa shape index (κ2) is 38.1. The predicted octanol–water partition coefficient (Wildman–Crippen LogP) is 4.62. The summed E-state index contributed by atoms with van der Waals surface area (Å²) in [5.41, 5.74) is 1.76. The fraction of sp³-hybridized carbons (Fsp3) is 0.661. The van der Waals surface area contributed by atoms with E-state index in [0.29, 0.717) is 31.5 Å². The van der Waals surface area contributed by atoms with Gasteiger partial charge in [-0.25, -0.2) is 0 Å². The summed E-state index contributed by atoms with van der Waals surface area (Å²) in [6, 6.07) is 10.8. The molecule has 0 spiro atoms. The Bertz CT molecular complexity index is 2360. The molecule has 0 unspecified atom stereocenters. The lowest BCUT2D eigenvalue weighted by Crippen LogP contribution is -2.59. The molecule has 0 aromatic heterocycles. The monoisotopic (exact) mass is 1290 g/mol. The number of rotatable bonds is 38. The summed E-state index contributed by atoms with van der Waals surface area (Å²) in [6.07, 6.45) is 0.754. The van der Waals surface area contributed by atoms with Crippen molar-refractivity contribution in [2.45, 2.75) is 123 Å². The second-order valence-corrected chi connectivity index (χ2v) is 22.9. The third kappa shape index (κ3) is 23.4. The van der Waals surface area contributed by atoms with E-state index in [1.165, 1.54) is 25.3 Å². The molecule has 0 radical (unpaired) electrons. The molecule has 0 bridgehead atoms. The highest BCUT2D eigenvalue weighted by molar-refractivity contribution is 9.09. The van der Waals surface area contributed by atoms with Crippen LogP contribution in [0.1, 0.15) is 90.1 Å². The van der Waals surface area contributed by atoms with E-state index < -0.39 is 66.1 Å². The summed E-state index contributed by atoms with van der Waals surface area (Å²) >= 11 is 6.18. The zero-order valence-electron chi connectivity index (χ0n) is 50.7. The minimum absolute atomic E-state index is 0.0121. The Balaban J connectivity index is 1.53. The molecule has 1 aliphatic rings. The van der Waals surface area contributed by atoms with E-state index in [1.54, 1.807) is 30.9 Å². The van der Waals surface area contributed by atoms with E-state index in [-0.39, 0.29) is 135 Å². The Hall–Kier alpha value is -5.08. The number of likely N-dealkylation sites (N-methyl/N-ethyl adjacent to an activating group) is 2. The van der Waals surface area contributed by atoms with Gasteiger partial charge in [0.25, 0.3) is 5.91 Å². The molecular weight excluding hydrogens is 1200 g/mol. The van der Waals surface area contributed by atoms with Gasteiger partial charge in [0.05, 0.1) is 104 Å². The number of likely N-dealkylation sites (tertiary alicyclic amines) is 1. The van der Waals surface area contributed by atoms with Crippen molar-refractivity contribution in [1.82, 2.24) is 36.0 Å². The van der Waals surface area contributed by atoms with E-state index >= 15 is 0 Å². The van der Waals surface area contributed by atoms with E-state index in [4.69, 9.17) is 23.7 Å². The number of ether oxygens (including phenoxy) is 5. The van der Waals surface area contributed by atoms with E-state index in [9.17, 15) is 38.4 Å². The number of nitrogens with zero attached hydrogens (tertiary/aromatic N) is 3. The third-order valence-electron chi connectivity index (χ3n) is 14.8. The van der Waals surface area contributed by atoms with Crippen LogP contribution in [0.5, 0.6) is 0 Å². The molecule has 24 heteroatoms. The zero-order chi connectivity index (χ0) is 61.8. The summed E-state index contributed by atoms with van der Waals surface area (Å²) in [5, 5.41) is 17.1. The molecule has 2 aromatic carbocycles. The predicted molar refractivity (Wildman–Crippen MR) is 326 cm³/mol. The topological polar surface area (TPSA) is 265 Å². The smallest absolute Gasteiger partial charge is 0.251 e. The molecule has 466 valence electrons. The van der Waals surface area contributed by atoms with Gasteiger partial charge in [0, 0.05) is 52.9 Å². The van der Waals surface area contributed by atoms with Crippen LogP contribution in [-0.4, -0.2) is 210 Å². The molecule has 22 nitrogen and oxygen atoms in total. The maximum absolute atomic E-state index is 14.5. The van der Waals surface area contributed by atoms with Crippen molar-refractivity contribution in [3.8, 4) is 0 Å². The van der Waals surface area contributed by atoms with Gasteiger partial charge in [-0.3, -0.25) is 43.3 Å². The number of hydrogen-bond acceptors (Lipinski definition) is 14. The molecular formula is C59H93Br2N9O13.